The highest BCUT2D eigenvalue weighted by Crippen LogP contribution is 2.08. The summed E-state index contributed by atoms with van der Waals surface area (Å²) in [5.74, 6) is -0.417. The number of hydrogen-bond acceptors (Lipinski definition) is 3. The Bertz CT molecular complexity index is 582. The van der Waals surface area contributed by atoms with Crippen LogP contribution in [-0.4, -0.2) is 28.9 Å². The van der Waals surface area contributed by atoms with E-state index in [0.717, 1.165) is 11.3 Å². The van der Waals surface area contributed by atoms with E-state index in [1.807, 2.05) is 18.2 Å². The lowest BCUT2D eigenvalue weighted by molar-refractivity contribution is -0.130. The molecular formula is C16H20Cl2FN3O. The topological polar surface area (TPSA) is 59.2 Å². The van der Waals surface area contributed by atoms with Crippen molar-refractivity contribution in [2.24, 2.45) is 5.73 Å². The average molecular weight is 360 g/mol. The molecule has 23 heavy (non-hydrogen) atoms. The van der Waals surface area contributed by atoms with Crippen molar-refractivity contribution in [1.29, 1.82) is 0 Å². The molecule has 2 N–H and O–H groups in total. The lowest BCUT2D eigenvalue weighted by Gasteiger charge is -2.22. The summed E-state index contributed by atoms with van der Waals surface area (Å²) in [6.45, 7) is 0.914. The van der Waals surface area contributed by atoms with Crippen LogP contribution in [0.3, 0.4) is 0 Å². The maximum atomic E-state index is 12.9. The van der Waals surface area contributed by atoms with Gasteiger partial charge in [-0.3, -0.25) is 9.78 Å². The monoisotopic (exact) mass is 359 g/mol. The Balaban J connectivity index is 0.00000242. The largest absolute Gasteiger partial charge is 0.337 e. The van der Waals surface area contributed by atoms with Gasteiger partial charge in [0.2, 0.25) is 5.91 Å². The van der Waals surface area contributed by atoms with E-state index in [4.69, 9.17) is 5.73 Å². The number of amides is 1. The molecule has 7 heteroatoms. The zero-order valence-electron chi connectivity index (χ0n) is 12.5. The van der Waals surface area contributed by atoms with Crippen molar-refractivity contribution in [2.45, 2.75) is 13.0 Å². The molecule has 0 aliphatic rings. The van der Waals surface area contributed by atoms with Gasteiger partial charge in [-0.05, 0) is 29.8 Å². The summed E-state index contributed by atoms with van der Waals surface area (Å²) in [4.78, 5) is 17.8. The summed E-state index contributed by atoms with van der Waals surface area (Å²) in [6, 6.07) is 11.8. The van der Waals surface area contributed by atoms with Crippen molar-refractivity contribution in [3.63, 3.8) is 0 Å². The minimum absolute atomic E-state index is 0. The van der Waals surface area contributed by atoms with E-state index in [1.165, 1.54) is 12.1 Å². The van der Waals surface area contributed by atoms with Crippen LogP contribution in [0, 0.1) is 5.82 Å². The van der Waals surface area contributed by atoms with Crippen LogP contribution >= 0.6 is 24.8 Å². The quantitative estimate of drug-likeness (QED) is 0.862. The number of halogens is 3. The Morgan fingerprint density at radius 2 is 1.83 bits per heavy atom. The van der Waals surface area contributed by atoms with Gasteiger partial charge >= 0.3 is 0 Å². The molecule has 0 saturated heterocycles. The number of hydrogen-bond donors (Lipinski definition) is 1. The summed E-state index contributed by atoms with van der Waals surface area (Å²) in [6.07, 6.45) is 2.39. The standard InChI is InChI=1S/C16H18FN3O.2ClH/c17-14-6-4-13(5-7-14)12-20(16(21)11-18)10-8-15-3-1-2-9-19-15;;/h1-7,9H,8,10-12,18H2;2*1H. The molecule has 0 bridgehead atoms. The molecule has 0 aliphatic carbocycles. The number of nitrogens with zero attached hydrogens (tertiary/aromatic N) is 2. The Morgan fingerprint density at radius 3 is 2.39 bits per heavy atom. The van der Waals surface area contributed by atoms with Gasteiger partial charge in [-0.25, -0.2) is 4.39 Å². The summed E-state index contributed by atoms with van der Waals surface area (Å²) >= 11 is 0. The Labute approximate surface area is 147 Å². The second-order valence-corrected chi connectivity index (χ2v) is 4.72. The molecule has 126 valence electrons. The highest BCUT2D eigenvalue weighted by Gasteiger charge is 2.12. The van der Waals surface area contributed by atoms with E-state index in [2.05, 4.69) is 4.98 Å². The number of carbonyl (C=O) groups excluding carboxylic acids is 1. The summed E-state index contributed by atoms with van der Waals surface area (Å²) in [7, 11) is 0. The molecule has 0 spiro atoms. The molecule has 2 rings (SSSR count). The van der Waals surface area contributed by atoms with Gasteiger partial charge in [-0.1, -0.05) is 18.2 Å². The third kappa shape index (κ3) is 6.95. The van der Waals surface area contributed by atoms with Gasteiger partial charge < -0.3 is 10.6 Å². The van der Waals surface area contributed by atoms with E-state index in [1.54, 1.807) is 23.2 Å². The molecular weight excluding hydrogens is 340 g/mol. The Kier molecular flexibility index (Phi) is 10.1. The Hall–Kier alpha value is -1.69. The molecule has 1 aromatic carbocycles. The van der Waals surface area contributed by atoms with Crippen LogP contribution < -0.4 is 5.73 Å². The number of benzene rings is 1. The normalized spacial score (nSPS) is 9.48. The molecule has 0 fully saturated rings. The van der Waals surface area contributed by atoms with Gasteiger partial charge in [0, 0.05) is 31.4 Å². The fourth-order valence-corrected chi connectivity index (χ4v) is 2.03. The highest BCUT2D eigenvalue weighted by molar-refractivity contribution is 5.85. The lowest BCUT2D eigenvalue weighted by atomic mass is 10.2. The fraction of sp³-hybridized carbons (Fsp3) is 0.250. The predicted molar refractivity (Wildman–Crippen MR) is 93.3 cm³/mol. The first kappa shape index (κ1) is 21.3. The van der Waals surface area contributed by atoms with Crippen LogP contribution in [0.2, 0.25) is 0 Å². The van der Waals surface area contributed by atoms with Crippen molar-refractivity contribution < 1.29 is 9.18 Å². The molecule has 1 heterocycles. The second kappa shape index (κ2) is 10.9. The van der Waals surface area contributed by atoms with Gasteiger partial charge in [0.25, 0.3) is 0 Å². The third-order valence-electron chi connectivity index (χ3n) is 3.18. The van der Waals surface area contributed by atoms with Crippen molar-refractivity contribution in [2.75, 3.05) is 13.1 Å². The molecule has 2 aromatic rings. The molecule has 0 atom stereocenters. The van der Waals surface area contributed by atoms with E-state index >= 15 is 0 Å². The summed E-state index contributed by atoms with van der Waals surface area (Å²) < 4.78 is 12.9. The van der Waals surface area contributed by atoms with Gasteiger partial charge in [0.1, 0.15) is 5.82 Å². The van der Waals surface area contributed by atoms with Gasteiger partial charge in [0.05, 0.1) is 6.54 Å². The molecule has 4 nitrogen and oxygen atoms in total. The van der Waals surface area contributed by atoms with Crippen molar-refractivity contribution >= 4 is 30.7 Å². The molecule has 0 radical (unpaired) electrons. The summed E-state index contributed by atoms with van der Waals surface area (Å²) in [5, 5.41) is 0. The molecule has 0 aliphatic heterocycles. The smallest absolute Gasteiger partial charge is 0.236 e. The highest BCUT2D eigenvalue weighted by atomic mass is 35.5. The van der Waals surface area contributed by atoms with Crippen molar-refractivity contribution in [3.05, 3.63) is 65.7 Å². The second-order valence-electron chi connectivity index (χ2n) is 4.72. The van der Waals surface area contributed by atoms with Crippen LogP contribution in [-0.2, 0) is 17.8 Å². The molecule has 0 saturated carbocycles. The number of aromatic nitrogens is 1. The minimum Gasteiger partial charge on any atom is -0.337 e. The zero-order chi connectivity index (χ0) is 15.1. The maximum absolute atomic E-state index is 12.9. The number of carbonyl (C=O) groups is 1. The van der Waals surface area contributed by atoms with Gasteiger partial charge in [-0.2, -0.15) is 0 Å². The first-order valence-electron chi connectivity index (χ1n) is 6.81. The molecule has 1 amide bonds. The summed E-state index contributed by atoms with van der Waals surface area (Å²) in [5.41, 5.74) is 7.25. The molecule has 1 aromatic heterocycles. The van der Waals surface area contributed by atoms with Crippen LogP contribution in [0.25, 0.3) is 0 Å². The number of rotatable bonds is 6. The lowest BCUT2D eigenvalue weighted by Crippen LogP contribution is -2.37. The SMILES string of the molecule is Cl.Cl.NCC(=O)N(CCc1ccccn1)Cc1ccc(F)cc1. The van der Waals surface area contributed by atoms with Crippen LogP contribution in [0.5, 0.6) is 0 Å². The fourth-order valence-electron chi connectivity index (χ4n) is 2.03. The van der Waals surface area contributed by atoms with Crippen LogP contribution in [0.1, 0.15) is 11.3 Å². The number of nitrogens with two attached hydrogens (primary N) is 1. The van der Waals surface area contributed by atoms with Crippen LogP contribution in [0.4, 0.5) is 4.39 Å². The number of pyridine rings is 1. The first-order chi connectivity index (χ1) is 10.2. The van der Waals surface area contributed by atoms with Gasteiger partial charge in [0.15, 0.2) is 0 Å². The van der Waals surface area contributed by atoms with Crippen LogP contribution in [0.15, 0.2) is 48.7 Å². The van der Waals surface area contributed by atoms with Gasteiger partial charge in [-0.15, -0.1) is 24.8 Å². The third-order valence-corrected chi connectivity index (χ3v) is 3.18. The van der Waals surface area contributed by atoms with E-state index in [0.29, 0.717) is 19.5 Å². The minimum atomic E-state index is -0.288. The van der Waals surface area contributed by atoms with E-state index in [9.17, 15) is 9.18 Å². The maximum Gasteiger partial charge on any atom is 0.236 e. The first-order valence-corrected chi connectivity index (χ1v) is 6.81. The van der Waals surface area contributed by atoms with E-state index < -0.39 is 0 Å². The predicted octanol–water partition coefficient (Wildman–Crippen LogP) is 2.59. The van der Waals surface area contributed by atoms with Crippen molar-refractivity contribution in [3.8, 4) is 0 Å². The molecule has 0 unspecified atom stereocenters. The average Bonchev–Trinajstić information content (AvgIpc) is 2.53. The van der Waals surface area contributed by atoms with Crippen molar-refractivity contribution in [1.82, 2.24) is 9.88 Å². The zero-order valence-corrected chi connectivity index (χ0v) is 14.2. The van der Waals surface area contributed by atoms with E-state index in [-0.39, 0.29) is 43.1 Å². The Morgan fingerprint density at radius 1 is 1.13 bits per heavy atom.